The van der Waals surface area contributed by atoms with Crippen LogP contribution in [0.1, 0.15) is 5.56 Å². The van der Waals surface area contributed by atoms with Gasteiger partial charge in [-0.3, -0.25) is 14.5 Å². The molecule has 8 nitrogen and oxygen atoms in total. The van der Waals surface area contributed by atoms with Crippen molar-refractivity contribution in [1.29, 1.82) is 0 Å². The van der Waals surface area contributed by atoms with Crippen molar-refractivity contribution in [2.24, 2.45) is 0 Å². The maximum atomic E-state index is 12.7. The van der Waals surface area contributed by atoms with Crippen LogP contribution in [0.15, 0.2) is 64.6 Å². The molecule has 2 aliphatic heterocycles. The van der Waals surface area contributed by atoms with E-state index in [1.165, 1.54) is 16.7 Å². The van der Waals surface area contributed by atoms with Crippen molar-refractivity contribution < 1.29 is 19.5 Å². The van der Waals surface area contributed by atoms with Crippen LogP contribution in [0.3, 0.4) is 0 Å². The fraction of sp³-hybridized carbons (Fsp3) is 0.211. The molecule has 2 amide bonds. The number of fused-ring (bicyclic) bond motifs is 1. The number of rotatable bonds is 6. The molecule has 2 aliphatic rings. The number of aliphatic carboxylic acids is 1. The molecule has 148 valence electrons. The standard InChI is InChI=1S/C19H16N4O4S2/c24-13(9-11-5-2-1-3-6-11)22-14-16(25)23-15(18(26)27)12(10-28-17(14)23)29-19-20-7-4-8-21-19/h1-8,14,17H,9-10H2,(H,22,24)(H,26,27)/t14?,17-/m1/s1. The second-order valence-corrected chi connectivity index (χ2v) is 8.49. The molecule has 1 saturated heterocycles. The molecule has 1 aromatic heterocycles. The van der Waals surface area contributed by atoms with Gasteiger partial charge in [0.25, 0.3) is 5.91 Å². The zero-order chi connectivity index (χ0) is 20.4. The van der Waals surface area contributed by atoms with Crippen LogP contribution in [-0.4, -0.2) is 54.9 Å². The summed E-state index contributed by atoms with van der Waals surface area (Å²) in [4.78, 5) is 46.8. The first-order valence-corrected chi connectivity index (χ1v) is 10.6. The maximum Gasteiger partial charge on any atom is 0.353 e. The molecular weight excluding hydrogens is 412 g/mol. The predicted molar refractivity (Wildman–Crippen MR) is 108 cm³/mol. The van der Waals surface area contributed by atoms with Gasteiger partial charge in [-0.15, -0.1) is 11.8 Å². The van der Waals surface area contributed by atoms with Gasteiger partial charge in [0.2, 0.25) is 5.91 Å². The van der Waals surface area contributed by atoms with Crippen molar-refractivity contribution in [1.82, 2.24) is 20.2 Å². The van der Waals surface area contributed by atoms with Gasteiger partial charge >= 0.3 is 5.97 Å². The smallest absolute Gasteiger partial charge is 0.353 e. The number of nitrogens with one attached hydrogen (secondary N) is 1. The lowest BCUT2D eigenvalue weighted by molar-refractivity contribution is -0.150. The van der Waals surface area contributed by atoms with E-state index in [2.05, 4.69) is 15.3 Å². The molecule has 0 spiro atoms. The Morgan fingerprint density at radius 3 is 2.62 bits per heavy atom. The molecule has 2 N–H and O–H groups in total. The van der Waals surface area contributed by atoms with E-state index in [1.807, 2.05) is 30.3 Å². The number of carboxylic acid groups (broad SMARTS) is 1. The van der Waals surface area contributed by atoms with Crippen molar-refractivity contribution in [2.75, 3.05) is 5.75 Å². The number of hydrogen-bond acceptors (Lipinski definition) is 7. The number of carbonyl (C=O) groups excluding carboxylic acids is 2. The van der Waals surface area contributed by atoms with Gasteiger partial charge in [0.05, 0.1) is 6.42 Å². The highest BCUT2D eigenvalue weighted by Crippen LogP contribution is 2.44. The van der Waals surface area contributed by atoms with E-state index in [0.29, 0.717) is 15.8 Å². The average Bonchev–Trinajstić information content (AvgIpc) is 2.73. The lowest BCUT2D eigenvalue weighted by Crippen LogP contribution is -2.70. The summed E-state index contributed by atoms with van der Waals surface area (Å²) < 4.78 is 0. The van der Waals surface area contributed by atoms with Gasteiger partial charge in [0, 0.05) is 23.1 Å². The van der Waals surface area contributed by atoms with Gasteiger partial charge in [-0.1, -0.05) is 42.1 Å². The lowest BCUT2D eigenvalue weighted by atomic mass is 10.0. The highest BCUT2D eigenvalue weighted by atomic mass is 32.2. The van der Waals surface area contributed by atoms with Crippen LogP contribution < -0.4 is 5.32 Å². The minimum Gasteiger partial charge on any atom is -0.477 e. The molecular formula is C19H16N4O4S2. The van der Waals surface area contributed by atoms with E-state index in [0.717, 1.165) is 17.3 Å². The van der Waals surface area contributed by atoms with Gasteiger partial charge in [0.15, 0.2) is 5.16 Å². The highest BCUT2D eigenvalue weighted by molar-refractivity contribution is 8.06. The maximum absolute atomic E-state index is 12.7. The molecule has 0 saturated carbocycles. The van der Waals surface area contributed by atoms with E-state index in [1.54, 1.807) is 18.5 Å². The molecule has 29 heavy (non-hydrogen) atoms. The second kappa shape index (κ2) is 8.26. The Balaban J connectivity index is 1.48. The molecule has 2 atom stereocenters. The number of thioether (sulfide) groups is 2. The zero-order valence-corrected chi connectivity index (χ0v) is 16.7. The Kier molecular flexibility index (Phi) is 5.54. The van der Waals surface area contributed by atoms with Crippen molar-refractivity contribution in [2.45, 2.75) is 23.0 Å². The molecule has 1 fully saturated rings. The molecule has 0 bridgehead atoms. The topological polar surface area (TPSA) is 112 Å². The third-order valence-electron chi connectivity index (χ3n) is 4.42. The van der Waals surface area contributed by atoms with Crippen LogP contribution in [0.4, 0.5) is 0 Å². The molecule has 1 unspecified atom stereocenters. The van der Waals surface area contributed by atoms with E-state index < -0.39 is 23.3 Å². The third-order valence-corrected chi connectivity index (χ3v) is 6.86. The SMILES string of the molecule is O=C(Cc1ccccc1)NC1C(=O)N2C(C(=O)O)=C(Sc3ncccn3)CS[C@H]12. The van der Waals surface area contributed by atoms with E-state index in [9.17, 15) is 19.5 Å². The summed E-state index contributed by atoms with van der Waals surface area (Å²) in [5.41, 5.74) is 0.780. The first-order chi connectivity index (χ1) is 14.0. The molecule has 2 aromatic rings. The van der Waals surface area contributed by atoms with E-state index in [-0.39, 0.29) is 18.0 Å². The van der Waals surface area contributed by atoms with Gasteiger partial charge in [0.1, 0.15) is 17.1 Å². The number of carbonyl (C=O) groups is 3. The molecule has 4 rings (SSSR count). The normalized spacial score (nSPS) is 20.7. The first-order valence-electron chi connectivity index (χ1n) is 8.74. The quantitative estimate of drug-likeness (QED) is 0.526. The number of carboxylic acids is 1. The van der Waals surface area contributed by atoms with Crippen molar-refractivity contribution in [3.05, 3.63) is 65.0 Å². The summed E-state index contributed by atoms with van der Waals surface area (Å²) >= 11 is 2.55. The molecule has 0 radical (unpaired) electrons. The number of nitrogens with zero attached hydrogens (tertiary/aromatic N) is 3. The van der Waals surface area contributed by atoms with Gasteiger partial charge in [-0.2, -0.15) is 0 Å². The van der Waals surface area contributed by atoms with Gasteiger partial charge in [-0.25, -0.2) is 14.8 Å². The number of hydrogen-bond donors (Lipinski definition) is 2. The lowest BCUT2D eigenvalue weighted by Gasteiger charge is -2.49. The fourth-order valence-electron chi connectivity index (χ4n) is 3.12. The minimum absolute atomic E-state index is 0.0650. The van der Waals surface area contributed by atoms with Gasteiger partial charge in [-0.05, 0) is 11.6 Å². The number of aromatic nitrogens is 2. The fourth-order valence-corrected chi connectivity index (χ4v) is 5.49. The summed E-state index contributed by atoms with van der Waals surface area (Å²) in [7, 11) is 0. The van der Waals surface area contributed by atoms with Crippen molar-refractivity contribution in [3.8, 4) is 0 Å². The molecule has 3 heterocycles. The Bertz CT molecular complexity index is 984. The Hall–Kier alpha value is -2.85. The van der Waals surface area contributed by atoms with Crippen LogP contribution >= 0.6 is 23.5 Å². The summed E-state index contributed by atoms with van der Waals surface area (Å²) in [5, 5.41) is 12.4. The largest absolute Gasteiger partial charge is 0.477 e. The monoisotopic (exact) mass is 428 g/mol. The van der Waals surface area contributed by atoms with Crippen LogP contribution in [0.2, 0.25) is 0 Å². The Morgan fingerprint density at radius 1 is 1.21 bits per heavy atom. The van der Waals surface area contributed by atoms with Crippen LogP contribution in [0.5, 0.6) is 0 Å². The number of benzene rings is 1. The van der Waals surface area contributed by atoms with Crippen LogP contribution in [0, 0.1) is 0 Å². The summed E-state index contributed by atoms with van der Waals surface area (Å²) in [5.74, 6) is -1.48. The zero-order valence-electron chi connectivity index (χ0n) is 15.0. The number of β-lactam (4-membered cyclic amide) rings is 1. The van der Waals surface area contributed by atoms with Crippen LogP contribution in [-0.2, 0) is 20.8 Å². The van der Waals surface area contributed by atoms with Crippen molar-refractivity contribution in [3.63, 3.8) is 0 Å². The molecule has 0 aliphatic carbocycles. The van der Waals surface area contributed by atoms with E-state index in [4.69, 9.17) is 0 Å². The Morgan fingerprint density at radius 2 is 1.93 bits per heavy atom. The van der Waals surface area contributed by atoms with Crippen LogP contribution in [0.25, 0.3) is 0 Å². The number of amides is 2. The minimum atomic E-state index is -1.18. The summed E-state index contributed by atoms with van der Waals surface area (Å²) in [6, 6.07) is 10.2. The predicted octanol–water partition coefficient (Wildman–Crippen LogP) is 1.51. The third kappa shape index (κ3) is 3.99. The van der Waals surface area contributed by atoms with E-state index >= 15 is 0 Å². The van der Waals surface area contributed by atoms with Gasteiger partial charge < -0.3 is 10.4 Å². The summed E-state index contributed by atoms with van der Waals surface area (Å²) in [6.45, 7) is 0. The second-order valence-electron chi connectivity index (χ2n) is 6.33. The molecule has 10 heteroatoms. The first kappa shape index (κ1) is 19.5. The van der Waals surface area contributed by atoms with Crippen molar-refractivity contribution >= 4 is 41.3 Å². The Labute approximate surface area is 174 Å². The summed E-state index contributed by atoms with van der Waals surface area (Å²) in [6.07, 6.45) is 3.31. The molecule has 1 aromatic carbocycles. The average molecular weight is 428 g/mol. The highest BCUT2D eigenvalue weighted by Gasteiger charge is 2.54.